The van der Waals surface area contributed by atoms with E-state index in [0.29, 0.717) is 37.2 Å². The maximum absolute atomic E-state index is 12.9. The first-order valence-corrected chi connectivity index (χ1v) is 12.2. The third kappa shape index (κ3) is 9.14. The van der Waals surface area contributed by atoms with E-state index in [4.69, 9.17) is 18.9 Å². The number of nitrogens with zero attached hydrogens (tertiary/aromatic N) is 2. The predicted molar refractivity (Wildman–Crippen MR) is 132 cm³/mol. The second-order valence-electron chi connectivity index (χ2n) is 9.64. The van der Waals surface area contributed by atoms with Crippen LogP contribution in [0.5, 0.6) is 5.75 Å². The molecule has 1 heterocycles. The van der Waals surface area contributed by atoms with E-state index in [-0.39, 0.29) is 43.7 Å². The van der Waals surface area contributed by atoms with Gasteiger partial charge in [-0.2, -0.15) is 0 Å². The predicted octanol–water partition coefficient (Wildman–Crippen LogP) is 3.07. The number of Topliss-reactive ketones (excluding diaryl/α,β-unsaturated/α-hetero) is 1. The lowest BCUT2D eigenvalue weighted by molar-refractivity contribution is -0.145. The van der Waals surface area contributed by atoms with Crippen molar-refractivity contribution in [3.8, 4) is 5.75 Å². The van der Waals surface area contributed by atoms with E-state index in [1.165, 1.54) is 4.90 Å². The molecule has 10 nitrogen and oxygen atoms in total. The largest absolute Gasteiger partial charge is 0.482 e. The van der Waals surface area contributed by atoms with Crippen LogP contribution in [0.4, 0.5) is 4.79 Å². The molecule has 200 valence electrons. The number of ether oxygens (including phenoxy) is 4. The van der Waals surface area contributed by atoms with Crippen molar-refractivity contribution in [2.75, 3.05) is 40.0 Å². The summed E-state index contributed by atoms with van der Waals surface area (Å²) in [7, 11) is 1.57. The average molecular weight is 507 g/mol. The lowest BCUT2D eigenvalue weighted by Gasteiger charge is -2.33. The number of likely N-dealkylation sites (tertiary alicyclic amines) is 1. The zero-order valence-electron chi connectivity index (χ0n) is 22.1. The molecule has 1 aliphatic heterocycles. The zero-order valence-corrected chi connectivity index (χ0v) is 22.1. The number of carbonyl (C=O) groups excluding carboxylic acids is 4. The van der Waals surface area contributed by atoms with E-state index in [2.05, 4.69) is 0 Å². The van der Waals surface area contributed by atoms with E-state index in [1.807, 2.05) is 20.8 Å². The molecule has 1 fully saturated rings. The first-order chi connectivity index (χ1) is 16.9. The molecule has 2 amide bonds. The Morgan fingerprint density at radius 3 is 2.22 bits per heavy atom. The van der Waals surface area contributed by atoms with Crippen molar-refractivity contribution >= 4 is 23.8 Å². The number of likely N-dealkylation sites (N-methyl/N-ethyl adjacent to an activating group) is 1. The van der Waals surface area contributed by atoms with Gasteiger partial charge >= 0.3 is 12.1 Å². The molecule has 10 heteroatoms. The minimum absolute atomic E-state index is 0.144. The molecule has 1 aliphatic rings. The normalized spacial score (nSPS) is 15.1. The third-order valence-electron chi connectivity index (χ3n) is 5.69. The van der Waals surface area contributed by atoms with Crippen LogP contribution in [-0.4, -0.2) is 91.3 Å². The fourth-order valence-electron chi connectivity index (χ4n) is 3.52. The minimum Gasteiger partial charge on any atom is -0.482 e. The number of rotatable bonds is 10. The van der Waals surface area contributed by atoms with Gasteiger partial charge in [-0.3, -0.25) is 9.59 Å². The molecule has 0 spiro atoms. The summed E-state index contributed by atoms with van der Waals surface area (Å²) >= 11 is 0. The number of esters is 1. The molecule has 36 heavy (non-hydrogen) atoms. The van der Waals surface area contributed by atoms with Gasteiger partial charge in [-0.1, -0.05) is 0 Å². The van der Waals surface area contributed by atoms with E-state index < -0.39 is 17.6 Å². The lowest BCUT2D eigenvalue weighted by atomic mass is 10.0. The Morgan fingerprint density at radius 1 is 1.06 bits per heavy atom. The Morgan fingerprint density at radius 2 is 1.67 bits per heavy atom. The van der Waals surface area contributed by atoms with Crippen molar-refractivity contribution in [2.24, 2.45) is 0 Å². The lowest BCUT2D eigenvalue weighted by Crippen LogP contribution is -2.45. The number of benzene rings is 1. The van der Waals surface area contributed by atoms with Gasteiger partial charge < -0.3 is 28.7 Å². The van der Waals surface area contributed by atoms with E-state index >= 15 is 0 Å². The summed E-state index contributed by atoms with van der Waals surface area (Å²) in [5, 5.41) is 0. The monoisotopic (exact) mass is 506 g/mol. The summed E-state index contributed by atoms with van der Waals surface area (Å²) < 4.78 is 21.3. The van der Waals surface area contributed by atoms with Crippen molar-refractivity contribution in [1.82, 2.24) is 9.80 Å². The van der Waals surface area contributed by atoms with Crippen molar-refractivity contribution < 1.29 is 38.1 Å². The molecule has 2 rings (SSSR count). The molecule has 1 atom stereocenters. The maximum Gasteiger partial charge on any atom is 0.410 e. The van der Waals surface area contributed by atoms with Crippen LogP contribution in [0.15, 0.2) is 24.3 Å². The quantitative estimate of drug-likeness (QED) is 0.352. The molecule has 0 aliphatic carbocycles. The van der Waals surface area contributed by atoms with Crippen molar-refractivity contribution in [3.05, 3.63) is 29.8 Å². The van der Waals surface area contributed by atoms with Gasteiger partial charge in [-0.05, 0) is 71.7 Å². The van der Waals surface area contributed by atoms with Gasteiger partial charge in [-0.25, -0.2) is 9.59 Å². The maximum atomic E-state index is 12.9. The average Bonchev–Trinajstić information content (AvgIpc) is 2.84. The summed E-state index contributed by atoms with van der Waals surface area (Å²) in [6.07, 6.45) is 0.724. The Labute approximate surface area is 212 Å². The van der Waals surface area contributed by atoms with Crippen LogP contribution in [-0.2, 0) is 23.8 Å². The Balaban J connectivity index is 1.78. The van der Waals surface area contributed by atoms with Crippen molar-refractivity contribution in [2.45, 2.75) is 65.2 Å². The van der Waals surface area contributed by atoms with E-state index in [9.17, 15) is 19.2 Å². The van der Waals surface area contributed by atoms with Crippen LogP contribution in [0.1, 0.15) is 57.8 Å². The third-order valence-corrected chi connectivity index (χ3v) is 5.69. The van der Waals surface area contributed by atoms with Gasteiger partial charge in [-0.15, -0.1) is 0 Å². The number of amides is 2. The smallest absolute Gasteiger partial charge is 0.410 e. The van der Waals surface area contributed by atoms with Crippen LogP contribution >= 0.6 is 0 Å². The molecule has 0 N–H and O–H groups in total. The molecular weight excluding hydrogens is 468 g/mol. The number of piperidine rings is 1. The Bertz CT molecular complexity index is 902. The summed E-state index contributed by atoms with van der Waals surface area (Å²) in [4.78, 5) is 52.1. The van der Waals surface area contributed by atoms with Gasteiger partial charge in [0.2, 0.25) is 5.91 Å². The molecule has 0 unspecified atom stereocenters. The second kappa shape index (κ2) is 13.2. The van der Waals surface area contributed by atoms with Crippen LogP contribution in [0.25, 0.3) is 0 Å². The molecule has 1 aromatic rings. The number of hydrogen-bond acceptors (Lipinski definition) is 8. The summed E-state index contributed by atoms with van der Waals surface area (Å²) in [6, 6.07) is 5.67. The highest BCUT2D eigenvalue weighted by atomic mass is 16.6. The van der Waals surface area contributed by atoms with Gasteiger partial charge in [0, 0.05) is 25.7 Å². The standard InChI is InChI=1S/C26H38N2O8/c1-7-33-23(30)17-35-20-10-8-19(9-11-20)24(31)18(2)27(6)22(29)16-34-21-12-14-28(15-13-21)25(32)36-26(3,4)5/h8-11,18,21H,7,12-17H2,1-6H3/t18-/m0/s1. The van der Waals surface area contributed by atoms with E-state index in [1.54, 1.807) is 50.1 Å². The molecule has 0 saturated carbocycles. The highest BCUT2D eigenvalue weighted by Gasteiger charge is 2.29. The summed E-state index contributed by atoms with van der Waals surface area (Å²) in [6.45, 7) is 9.76. The van der Waals surface area contributed by atoms with Gasteiger partial charge in [0.1, 0.15) is 18.0 Å². The fraction of sp³-hybridized carbons (Fsp3) is 0.615. The molecule has 1 aromatic carbocycles. The van der Waals surface area contributed by atoms with Crippen molar-refractivity contribution in [1.29, 1.82) is 0 Å². The zero-order chi connectivity index (χ0) is 26.9. The van der Waals surface area contributed by atoms with E-state index in [0.717, 1.165) is 0 Å². The SMILES string of the molecule is CCOC(=O)COc1ccc(C(=O)[C@H](C)N(C)C(=O)COC2CCN(C(=O)OC(C)(C)C)CC2)cc1. The van der Waals surface area contributed by atoms with Gasteiger partial charge in [0.15, 0.2) is 12.4 Å². The molecular formula is C26H38N2O8. The van der Waals surface area contributed by atoms with Gasteiger partial charge in [0.05, 0.1) is 18.8 Å². The highest BCUT2D eigenvalue weighted by molar-refractivity contribution is 6.01. The summed E-state index contributed by atoms with van der Waals surface area (Å²) in [5.41, 5.74) is -0.128. The molecule has 0 aromatic heterocycles. The number of hydrogen-bond donors (Lipinski definition) is 0. The van der Waals surface area contributed by atoms with Gasteiger partial charge in [0.25, 0.3) is 0 Å². The van der Waals surface area contributed by atoms with Crippen LogP contribution in [0.2, 0.25) is 0 Å². The topological polar surface area (TPSA) is 112 Å². The van der Waals surface area contributed by atoms with Crippen LogP contribution < -0.4 is 4.74 Å². The minimum atomic E-state index is -0.693. The molecule has 0 radical (unpaired) electrons. The fourth-order valence-corrected chi connectivity index (χ4v) is 3.52. The first-order valence-electron chi connectivity index (χ1n) is 12.2. The second-order valence-corrected chi connectivity index (χ2v) is 9.64. The number of ketones is 1. The Kier molecular flexibility index (Phi) is 10.7. The molecule has 0 bridgehead atoms. The first kappa shape index (κ1) is 29.1. The number of carbonyl (C=O) groups is 4. The summed E-state index contributed by atoms with van der Waals surface area (Å²) in [5.74, 6) is -0.571. The molecule has 1 saturated heterocycles. The highest BCUT2D eigenvalue weighted by Crippen LogP contribution is 2.18. The Hall–Kier alpha value is -3.14. The van der Waals surface area contributed by atoms with Crippen LogP contribution in [0.3, 0.4) is 0 Å². The van der Waals surface area contributed by atoms with Crippen LogP contribution in [0, 0.1) is 0 Å². The van der Waals surface area contributed by atoms with Crippen molar-refractivity contribution in [3.63, 3.8) is 0 Å².